The van der Waals surface area contributed by atoms with Crippen LogP contribution in [0.3, 0.4) is 0 Å². The molecule has 17 heavy (non-hydrogen) atoms. The van der Waals surface area contributed by atoms with Gasteiger partial charge in [0.25, 0.3) is 0 Å². The van der Waals surface area contributed by atoms with Gasteiger partial charge in [-0.3, -0.25) is 0 Å². The molecule has 2 saturated heterocycles. The summed E-state index contributed by atoms with van der Waals surface area (Å²) in [5, 5.41) is 12.7. The van der Waals surface area contributed by atoms with Gasteiger partial charge in [0.15, 0.2) is 0 Å². The van der Waals surface area contributed by atoms with Crippen LogP contribution in [0.4, 0.5) is 5.69 Å². The van der Waals surface area contributed by atoms with Crippen molar-refractivity contribution in [2.24, 2.45) is 11.8 Å². The van der Waals surface area contributed by atoms with Gasteiger partial charge in [0, 0.05) is 26.2 Å². The van der Waals surface area contributed by atoms with Gasteiger partial charge in [-0.15, -0.1) is 0 Å². The Balaban J connectivity index is 1.88. The van der Waals surface area contributed by atoms with Gasteiger partial charge >= 0.3 is 0 Å². The van der Waals surface area contributed by atoms with Gasteiger partial charge in [-0.1, -0.05) is 6.07 Å². The lowest BCUT2D eigenvalue weighted by Gasteiger charge is -2.21. The van der Waals surface area contributed by atoms with Crippen LogP contribution in [0.25, 0.3) is 0 Å². The fourth-order valence-corrected chi connectivity index (χ4v) is 3.07. The van der Waals surface area contributed by atoms with Crippen LogP contribution in [0.5, 0.6) is 0 Å². The minimum absolute atomic E-state index is 0.767. The molecule has 2 aliphatic rings. The summed E-state index contributed by atoms with van der Waals surface area (Å²) in [6.45, 7) is 6.49. The number of nitrogens with zero attached hydrogens (tertiary/aromatic N) is 2. The maximum atomic E-state index is 9.22. The largest absolute Gasteiger partial charge is 0.370 e. The van der Waals surface area contributed by atoms with E-state index in [1.54, 1.807) is 0 Å². The Morgan fingerprint density at radius 3 is 2.65 bits per heavy atom. The number of anilines is 1. The number of nitrogens with one attached hydrogen (secondary N) is 1. The first kappa shape index (κ1) is 10.6. The molecular weight excluding hydrogens is 210 g/mol. The van der Waals surface area contributed by atoms with Gasteiger partial charge in [-0.05, 0) is 36.5 Å². The molecule has 0 aliphatic carbocycles. The molecule has 0 amide bonds. The van der Waals surface area contributed by atoms with Gasteiger partial charge in [-0.2, -0.15) is 5.26 Å². The Kier molecular flexibility index (Phi) is 2.53. The lowest BCUT2D eigenvalue weighted by molar-refractivity contribution is 0.533. The van der Waals surface area contributed by atoms with Crippen LogP contribution < -0.4 is 10.2 Å². The van der Waals surface area contributed by atoms with Crippen LogP contribution in [-0.4, -0.2) is 26.2 Å². The molecule has 1 aromatic carbocycles. The van der Waals surface area contributed by atoms with Crippen LogP contribution in [0.2, 0.25) is 0 Å². The van der Waals surface area contributed by atoms with Crippen LogP contribution in [0.15, 0.2) is 18.2 Å². The number of hydrogen-bond acceptors (Lipinski definition) is 3. The van der Waals surface area contributed by atoms with Crippen LogP contribution in [0, 0.1) is 30.1 Å². The van der Waals surface area contributed by atoms with E-state index in [1.165, 1.54) is 0 Å². The minimum Gasteiger partial charge on any atom is -0.370 e. The number of fused-ring (bicyclic) bond motifs is 1. The molecule has 88 valence electrons. The zero-order chi connectivity index (χ0) is 11.8. The van der Waals surface area contributed by atoms with Crippen molar-refractivity contribution in [1.82, 2.24) is 5.32 Å². The third-order valence-electron chi connectivity index (χ3n) is 4.00. The molecule has 0 bridgehead atoms. The van der Waals surface area contributed by atoms with Crippen LogP contribution in [-0.2, 0) is 0 Å². The van der Waals surface area contributed by atoms with Crippen molar-refractivity contribution in [3.05, 3.63) is 29.3 Å². The molecule has 1 N–H and O–H groups in total. The van der Waals surface area contributed by atoms with Gasteiger partial charge in [0.1, 0.15) is 6.07 Å². The topological polar surface area (TPSA) is 39.1 Å². The van der Waals surface area contributed by atoms with E-state index >= 15 is 0 Å². The van der Waals surface area contributed by atoms with Crippen molar-refractivity contribution >= 4 is 5.69 Å². The summed E-state index contributed by atoms with van der Waals surface area (Å²) in [5.74, 6) is 1.53. The molecule has 0 radical (unpaired) electrons. The molecule has 3 heteroatoms. The fourth-order valence-electron chi connectivity index (χ4n) is 3.07. The van der Waals surface area contributed by atoms with E-state index in [4.69, 9.17) is 0 Å². The second-order valence-electron chi connectivity index (χ2n) is 5.22. The predicted molar refractivity (Wildman–Crippen MR) is 68.0 cm³/mol. The van der Waals surface area contributed by atoms with Gasteiger partial charge in [0.2, 0.25) is 0 Å². The summed E-state index contributed by atoms with van der Waals surface area (Å²) in [6.07, 6.45) is 0. The zero-order valence-corrected chi connectivity index (χ0v) is 10.1. The fraction of sp³-hybridized carbons (Fsp3) is 0.500. The quantitative estimate of drug-likeness (QED) is 0.790. The second kappa shape index (κ2) is 4.05. The van der Waals surface area contributed by atoms with Crippen molar-refractivity contribution in [2.45, 2.75) is 6.92 Å². The first-order valence-corrected chi connectivity index (χ1v) is 6.24. The maximum absolute atomic E-state index is 9.22. The molecule has 2 atom stereocenters. The lowest BCUT2D eigenvalue weighted by Crippen LogP contribution is -2.26. The van der Waals surface area contributed by atoms with Gasteiger partial charge < -0.3 is 10.2 Å². The zero-order valence-electron chi connectivity index (χ0n) is 10.1. The van der Waals surface area contributed by atoms with Crippen molar-refractivity contribution < 1.29 is 0 Å². The van der Waals surface area contributed by atoms with Crippen LogP contribution >= 0.6 is 0 Å². The third-order valence-corrected chi connectivity index (χ3v) is 4.00. The number of rotatable bonds is 1. The monoisotopic (exact) mass is 227 g/mol. The molecule has 3 nitrogen and oxygen atoms in total. The normalized spacial score (nSPS) is 26.9. The molecule has 3 rings (SSSR count). The first-order chi connectivity index (χ1) is 8.28. The number of aryl methyl sites for hydroxylation is 1. The third kappa shape index (κ3) is 1.79. The lowest BCUT2D eigenvalue weighted by atomic mass is 10.0. The summed E-state index contributed by atoms with van der Waals surface area (Å²) in [6, 6.07) is 8.51. The summed E-state index contributed by atoms with van der Waals surface area (Å²) in [5.41, 5.74) is 3.09. The maximum Gasteiger partial charge on any atom is 0.101 e. The highest BCUT2D eigenvalue weighted by Crippen LogP contribution is 2.32. The van der Waals surface area contributed by atoms with Crippen molar-refractivity contribution in [2.75, 3.05) is 31.1 Å². The highest BCUT2D eigenvalue weighted by atomic mass is 15.2. The SMILES string of the molecule is Cc1ccc(N2CC3CNCC3C2)c(C#N)c1. The predicted octanol–water partition coefficient (Wildman–Crippen LogP) is 1.52. The second-order valence-corrected chi connectivity index (χ2v) is 5.22. The minimum atomic E-state index is 0.767. The van der Waals surface area contributed by atoms with E-state index in [-0.39, 0.29) is 0 Å². The van der Waals surface area contributed by atoms with Crippen molar-refractivity contribution in [1.29, 1.82) is 5.26 Å². The highest BCUT2D eigenvalue weighted by molar-refractivity contribution is 5.61. The summed E-state index contributed by atoms with van der Waals surface area (Å²) >= 11 is 0. The Morgan fingerprint density at radius 2 is 2.00 bits per heavy atom. The molecule has 0 saturated carbocycles. The summed E-state index contributed by atoms with van der Waals surface area (Å²) in [7, 11) is 0. The number of benzene rings is 1. The molecular formula is C14H17N3. The van der Waals surface area contributed by atoms with E-state index in [0.29, 0.717) is 0 Å². The first-order valence-electron chi connectivity index (χ1n) is 6.24. The van der Waals surface area contributed by atoms with Crippen LogP contribution in [0.1, 0.15) is 11.1 Å². The number of hydrogen-bond donors (Lipinski definition) is 1. The van der Waals surface area contributed by atoms with E-state index in [1.807, 2.05) is 13.0 Å². The van der Waals surface area contributed by atoms with Crippen molar-refractivity contribution in [3.8, 4) is 6.07 Å². The Hall–Kier alpha value is -1.53. The van der Waals surface area contributed by atoms with Gasteiger partial charge in [0.05, 0.1) is 11.3 Å². The van der Waals surface area contributed by atoms with Crippen molar-refractivity contribution in [3.63, 3.8) is 0 Å². The molecule has 2 fully saturated rings. The Morgan fingerprint density at radius 1 is 1.29 bits per heavy atom. The average molecular weight is 227 g/mol. The molecule has 2 aliphatic heterocycles. The number of nitriles is 1. The van der Waals surface area contributed by atoms with E-state index in [2.05, 4.69) is 28.4 Å². The summed E-state index contributed by atoms with van der Waals surface area (Å²) in [4.78, 5) is 2.38. The average Bonchev–Trinajstić information content (AvgIpc) is 2.89. The smallest absolute Gasteiger partial charge is 0.101 e. The van der Waals surface area contributed by atoms with Gasteiger partial charge in [-0.25, -0.2) is 0 Å². The molecule has 0 spiro atoms. The summed E-state index contributed by atoms with van der Waals surface area (Å²) < 4.78 is 0. The van der Waals surface area contributed by atoms with E-state index < -0.39 is 0 Å². The highest BCUT2D eigenvalue weighted by Gasteiger charge is 2.36. The molecule has 2 heterocycles. The molecule has 0 aromatic heterocycles. The van der Waals surface area contributed by atoms with E-state index in [0.717, 1.165) is 54.8 Å². The van der Waals surface area contributed by atoms with E-state index in [9.17, 15) is 5.26 Å². The molecule has 2 unspecified atom stereocenters. The Labute approximate surface area is 102 Å². The standard InChI is InChI=1S/C14H17N3/c1-10-2-3-14(11(4-10)5-15)17-8-12-6-16-7-13(12)9-17/h2-4,12-13,16H,6-9H2,1H3. The molecule has 1 aromatic rings. The Bertz CT molecular complexity index is 463.